The van der Waals surface area contributed by atoms with Gasteiger partial charge in [-0.3, -0.25) is 10.1 Å². The number of thiazole rings is 1. The maximum atomic E-state index is 13.0. The lowest BCUT2D eigenvalue weighted by atomic mass is 10.2. The lowest BCUT2D eigenvalue weighted by Gasteiger charge is -2.06. The Morgan fingerprint density at radius 3 is 2.41 bits per heavy atom. The number of aromatic nitrogens is 1. The molecule has 6 nitrogen and oxygen atoms in total. The lowest BCUT2D eigenvalue weighted by Crippen LogP contribution is -2.20. The molecule has 0 bridgehead atoms. The molecule has 3 rings (SSSR count). The number of ether oxygens (including phenoxy) is 2. The first kappa shape index (κ1) is 20.3. The summed E-state index contributed by atoms with van der Waals surface area (Å²) < 4.78 is 46.2. The van der Waals surface area contributed by atoms with E-state index in [0.717, 1.165) is 11.3 Å². The molecule has 1 heterocycles. The minimum atomic E-state index is -2.97. The fourth-order valence-electron chi connectivity index (χ4n) is 2.23. The van der Waals surface area contributed by atoms with Gasteiger partial charge >= 0.3 is 12.6 Å². The summed E-state index contributed by atoms with van der Waals surface area (Å²) in [5.74, 6) is -1.86. The summed E-state index contributed by atoms with van der Waals surface area (Å²) in [6.45, 7) is -3.52. The van der Waals surface area contributed by atoms with Gasteiger partial charge in [-0.2, -0.15) is 8.78 Å². The van der Waals surface area contributed by atoms with Gasteiger partial charge in [-0.1, -0.05) is 0 Å². The zero-order chi connectivity index (χ0) is 20.8. The first-order valence-electron chi connectivity index (χ1n) is 8.14. The second-order valence-corrected chi connectivity index (χ2v) is 6.43. The van der Waals surface area contributed by atoms with Crippen molar-refractivity contribution < 1.29 is 32.2 Å². The Balaban J connectivity index is 1.51. The predicted octanol–water partition coefficient (Wildman–Crippen LogP) is 4.35. The Morgan fingerprint density at radius 1 is 1.07 bits per heavy atom. The lowest BCUT2D eigenvalue weighted by molar-refractivity contribution is -0.119. The van der Waals surface area contributed by atoms with Gasteiger partial charge in [-0.25, -0.2) is 14.2 Å². The first-order chi connectivity index (χ1) is 13.9. The van der Waals surface area contributed by atoms with Gasteiger partial charge in [0.05, 0.1) is 11.3 Å². The number of hydrogen-bond donors (Lipinski definition) is 1. The molecule has 1 N–H and O–H groups in total. The van der Waals surface area contributed by atoms with Crippen molar-refractivity contribution in [3.8, 4) is 17.0 Å². The average Bonchev–Trinajstić information content (AvgIpc) is 3.15. The van der Waals surface area contributed by atoms with E-state index in [0.29, 0.717) is 16.4 Å². The number of alkyl halides is 2. The minimum absolute atomic E-state index is 0.0762. The van der Waals surface area contributed by atoms with Crippen LogP contribution in [-0.2, 0) is 9.53 Å². The van der Waals surface area contributed by atoms with Crippen molar-refractivity contribution in [1.29, 1.82) is 0 Å². The van der Waals surface area contributed by atoms with Crippen molar-refractivity contribution in [3.05, 3.63) is 65.3 Å². The van der Waals surface area contributed by atoms with Gasteiger partial charge < -0.3 is 9.47 Å². The van der Waals surface area contributed by atoms with Crippen LogP contribution in [0.5, 0.6) is 5.75 Å². The fourth-order valence-corrected chi connectivity index (χ4v) is 2.96. The van der Waals surface area contributed by atoms with E-state index in [1.54, 1.807) is 17.5 Å². The van der Waals surface area contributed by atoms with E-state index >= 15 is 0 Å². The molecular formula is C19H13F3N2O4S. The predicted molar refractivity (Wildman–Crippen MR) is 99.5 cm³/mol. The smallest absolute Gasteiger partial charge is 0.387 e. The monoisotopic (exact) mass is 422 g/mol. The first-order valence-corrected chi connectivity index (χ1v) is 9.02. The minimum Gasteiger partial charge on any atom is -0.452 e. The summed E-state index contributed by atoms with van der Waals surface area (Å²) in [6, 6.07) is 10.6. The zero-order valence-electron chi connectivity index (χ0n) is 14.6. The van der Waals surface area contributed by atoms with E-state index in [4.69, 9.17) is 4.74 Å². The zero-order valence-corrected chi connectivity index (χ0v) is 15.4. The van der Waals surface area contributed by atoms with E-state index in [2.05, 4.69) is 15.0 Å². The summed E-state index contributed by atoms with van der Waals surface area (Å²) in [5, 5.41) is 4.48. The third-order valence-corrected chi connectivity index (χ3v) is 4.30. The van der Waals surface area contributed by atoms with Gasteiger partial charge in [-0.05, 0) is 48.5 Å². The molecule has 0 radical (unpaired) electrons. The molecule has 29 heavy (non-hydrogen) atoms. The Bertz CT molecular complexity index is 991. The summed E-state index contributed by atoms with van der Waals surface area (Å²) in [6.07, 6.45) is 0. The van der Waals surface area contributed by atoms with Crippen LogP contribution in [0, 0.1) is 5.82 Å². The molecule has 150 valence electrons. The van der Waals surface area contributed by atoms with Gasteiger partial charge in [0.25, 0.3) is 5.91 Å². The third-order valence-electron chi connectivity index (χ3n) is 3.54. The fraction of sp³-hybridized carbons (Fsp3) is 0.105. The molecule has 10 heteroatoms. The SMILES string of the molecule is O=C(COC(=O)c1ccc(OC(F)F)cc1)Nc1nc(-c2ccc(F)cc2)cs1. The van der Waals surface area contributed by atoms with E-state index < -0.39 is 25.1 Å². The molecule has 0 aliphatic rings. The van der Waals surface area contributed by atoms with Gasteiger partial charge in [0.15, 0.2) is 11.7 Å². The van der Waals surface area contributed by atoms with Crippen LogP contribution >= 0.6 is 11.3 Å². The van der Waals surface area contributed by atoms with E-state index in [9.17, 15) is 22.8 Å². The van der Waals surface area contributed by atoms with Crippen molar-refractivity contribution in [2.24, 2.45) is 0 Å². The quantitative estimate of drug-likeness (QED) is 0.573. The van der Waals surface area contributed by atoms with Crippen LogP contribution in [0.2, 0.25) is 0 Å². The highest BCUT2D eigenvalue weighted by atomic mass is 32.1. The highest BCUT2D eigenvalue weighted by Gasteiger charge is 2.13. The largest absolute Gasteiger partial charge is 0.452 e. The van der Waals surface area contributed by atoms with E-state index in [-0.39, 0.29) is 17.1 Å². The molecule has 0 unspecified atom stereocenters. The molecule has 0 saturated heterocycles. The number of benzene rings is 2. The maximum Gasteiger partial charge on any atom is 0.387 e. The van der Waals surface area contributed by atoms with Crippen molar-refractivity contribution in [2.75, 3.05) is 11.9 Å². The number of carbonyl (C=O) groups excluding carboxylic acids is 2. The molecule has 0 aliphatic heterocycles. The van der Waals surface area contributed by atoms with Gasteiger partial charge in [0, 0.05) is 10.9 Å². The van der Waals surface area contributed by atoms with Gasteiger partial charge in [-0.15, -0.1) is 11.3 Å². The van der Waals surface area contributed by atoms with Crippen LogP contribution in [0.1, 0.15) is 10.4 Å². The second-order valence-electron chi connectivity index (χ2n) is 5.57. The molecule has 0 fully saturated rings. The Morgan fingerprint density at radius 2 is 1.76 bits per heavy atom. The summed E-state index contributed by atoms with van der Waals surface area (Å²) in [7, 11) is 0. The molecular weight excluding hydrogens is 409 g/mol. The van der Waals surface area contributed by atoms with E-state index in [1.807, 2.05) is 0 Å². The summed E-state index contributed by atoms with van der Waals surface area (Å²) >= 11 is 1.16. The van der Waals surface area contributed by atoms with Crippen LogP contribution in [0.15, 0.2) is 53.9 Å². The maximum absolute atomic E-state index is 13.0. The number of nitrogens with zero attached hydrogens (tertiary/aromatic N) is 1. The molecule has 0 spiro atoms. The van der Waals surface area contributed by atoms with Crippen molar-refractivity contribution >= 4 is 28.3 Å². The van der Waals surface area contributed by atoms with Crippen LogP contribution in [0.4, 0.5) is 18.3 Å². The summed E-state index contributed by atoms with van der Waals surface area (Å²) in [4.78, 5) is 28.1. The molecule has 1 aromatic heterocycles. The molecule has 0 atom stereocenters. The number of carbonyl (C=O) groups is 2. The molecule has 0 saturated carbocycles. The number of nitrogens with one attached hydrogen (secondary N) is 1. The van der Waals surface area contributed by atoms with Crippen LogP contribution < -0.4 is 10.1 Å². The van der Waals surface area contributed by atoms with Crippen LogP contribution in [0.3, 0.4) is 0 Å². The van der Waals surface area contributed by atoms with Crippen LogP contribution in [0.25, 0.3) is 11.3 Å². The Labute approximate surface area is 166 Å². The highest BCUT2D eigenvalue weighted by Crippen LogP contribution is 2.25. The van der Waals surface area contributed by atoms with E-state index in [1.165, 1.54) is 36.4 Å². The van der Waals surface area contributed by atoms with Gasteiger partial charge in [0.1, 0.15) is 11.6 Å². The number of amides is 1. The molecule has 0 aliphatic carbocycles. The normalized spacial score (nSPS) is 10.6. The summed E-state index contributed by atoms with van der Waals surface area (Å²) in [5.41, 5.74) is 1.33. The Hall–Kier alpha value is -3.40. The van der Waals surface area contributed by atoms with Gasteiger partial charge in [0.2, 0.25) is 0 Å². The second kappa shape index (κ2) is 9.20. The number of halogens is 3. The van der Waals surface area contributed by atoms with Crippen molar-refractivity contribution in [3.63, 3.8) is 0 Å². The molecule has 1 amide bonds. The van der Waals surface area contributed by atoms with Crippen LogP contribution in [-0.4, -0.2) is 30.1 Å². The van der Waals surface area contributed by atoms with Crippen molar-refractivity contribution in [2.45, 2.75) is 6.61 Å². The Kier molecular flexibility index (Phi) is 6.45. The number of rotatable bonds is 7. The topological polar surface area (TPSA) is 77.5 Å². The number of hydrogen-bond acceptors (Lipinski definition) is 6. The van der Waals surface area contributed by atoms with Crippen molar-refractivity contribution in [1.82, 2.24) is 4.98 Å². The highest BCUT2D eigenvalue weighted by molar-refractivity contribution is 7.14. The molecule has 3 aromatic rings. The number of anilines is 1. The average molecular weight is 422 g/mol. The molecule has 2 aromatic carbocycles. The standard InChI is InChI=1S/C19H13F3N2O4S/c20-13-5-1-11(2-6-13)15-10-29-19(23-15)24-16(25)9-27-17(26)12-3-7-14(8-4-12)28-18(21)22/h1-8,10,18H,9H2,(H,23,24,25). The number of esters is 1. The third kappa shape index (κ3) is 5.79.